The van der Waals surface area contributed by atoms with Crippen LogP contribution in [-0.2, 0) is 9.63 Å². The van der Waals surface area contributed by atoms with Gasteiger partial charge in [0.15, 0.2) is 0 Å². The van der Waals surface area contributed by atoms with Crippen LogP contribution in [0.5, 0.6) is 0 Å². The van der Waals surface area contributed by atoms with Crippen LogP contribution in [0.2, 0.25) is 0 Å². The molecular formula is C5H9NO3. The Balaban J connectivity index is 2.22. The Morgan fingerprint density at radius 3 is 3.00 bits per heavy atom. The van der Waals surface area contributed by atoms with Crippen LogP contribution in [0.3, 0.4) is 0 Å². The van der Waals surface area contributed by atoms with Gasteiger partial charge in [0.2, 0.25) is 0 Å². The van der Waals surface area contributed by atoms with Gasteiger partial charge in [-0.2, -0.15) is 0 Å². The van der Waals surface area contributed by atoms with Gasteiger partial charge in [0, 0.05) is 6.54 Å². The number of β-amino-alcohol motifs (C(OH)–C–C–N with tert-alkyl or cyclic N) is 1. The molecule has 0 unspecified atom stereocenters. The maximum absolute atomic E-state index is 10.4. The lowest BCUT2D eigenvalue weighted by atomic mass is 10.4. The summed E-state index contributed by atoms with van der Waals surface area (Å²) in [7, 11) is 0. The summed E-state index contributed by atoms with van der Waals surface area (Å²) in [4.78, 5) is 15.0. The molecule has 0 aliphatic carbocycles. The third-order valence-electron chi connectivity index (χ3n) is 1.15. The Morgan fingerprint density at radius 1 is 1.78 bits per heavy atom. The quantitative estimate of drug-likeness (QED) is 0.530. The van der Waals surface area contributed by atoms with Crippen LogP contribution < -0.4 is 0 Å². The smallest absolute Gasteiger partial charge is 0.326 e. The second-order valence-electron chi connectivity index (χ2n) is 1.87. The Kier molecular flexibility index (Phi) is 2.02. The van der Waals surface area contributed by atoms with E-state index in [1.165, 1.54) is 5.06 Å². The van der Waals surface area contributed by atoms with Crippen molar-refractivity contribution < 1.29 is 14.7 Å². The molecule has 9 heavy (non-hydrogen) atoms. The highest BCUT2D eigenvalue weighted by Gasteiger charge is 2.19. The van der Waals surface area contributed by atoms with Gasteiger partial charge in [-0.3, -0.25) is 4.79 Å². The van der Waals surface area contributed by atoms with Crippen LogP contribution in [0.15, 0.2) is 0 Å². The van der Waals surface area contributed by atoms with E-state index in [4.69, 9.17) is 5.11 Å². The van der Waals surface area contributed by atoms with E-state index < -0.39 is 0 Å². The molecule has 4 heteroatoms. The topological polar surface area (TPSA) is 49.8 Å². The van der Waals surface area contributed by atoms with Gasteiger partial charge >= 0.3 is 5.97 Å². The van der Waals surface area contributed by atoms with Crippen molar-refractivity contribution in [3.63, 3.8) is 0 Å². The lowest BCUT2D eigenvalue weighted by Crippen LogP contribution is -2.21. The van der Waals surface area contributed by atoms with Crippen LogP contribution in [0, 0.1) is 0 Å². The second-order valence-corrected chi connectivity index (χ2v) is 1.87. The molecule has 0 atom stereocenters. The number of hydrogen-bond acceptors (Lipinski definition) is 4. The van der Waals surface area contributed by atoms with Crippen LogP contribution in [0.4, 0.5) is 0 Å². The monoisotopic (exact) mass is 131 g/mol. The van der Waals surface area contributed by atoms with Crippen LogP contribution >= 0.6 is 0 Å². The summed E-state index contributed by atoms with van der Waals surface area (Å²) in [6.45, 7) is 1.07. The Morgan fingerprint density at radius 2 is 2.56 bits per heavy atom. The average molecular weight is 131 g/mol. The second kappa shape index (κ2) is 2.80. The number of nitrogens with zero attached hydrogens (tertiary/aromatic N) is 1. The van der Waals surface area contributed by atoms with E-state index in [2.05, 4.69) is 4.84 Å². The summed E-state index contributed by atoms with van der Waals surface area (Å²) in [5.41, 5.74) is 0. The molecule has 0 aromatic carbocycles. The number of hydroxylamine groups is 2. The molecule has 0 bridgehead atoms. The van der Waals surface area contributed by atoms with Crippen LogP contribution in [0.1, 0.15) is 6.42 Å². The van der Waals surface area contributed by atoms with Crippen molar-refractivity contribution in [3.05, 3.63) is 0 Å². The van der Waals surface area contributed by atoms with Gasteiger partial charge in [-0.05, 0) is 0 Å². The number of aliphatic hydroxyl groups is 1. The first kappa shape index (κ1) is 6.51. The van der Waals surface area contributed by atoms with E-state index in [9.17, 15) is 4.79 Å². The van der Waals surface area contributed by atoms with Crippen molar-refractivity contribution in [2.24, 2.45) is 0 Å². The fourth-order valence-electron chi connectivity index (χ4n) is 0.720. The third-order valence-corrected chi connectivity index (χ3v) is 1.15. The standard InChI is InChI=1S/C5H9NO3/c7-4-3-6-2-1-5(8)9-6/h7H,1-4H2. The molecule has 0 saturated carbocycles. The van der Waals surface area contributed by atoms with Gasteiger partial charge < -0.3 is 9.94 Å². The highest BCUT2D eigenvalue weighted by Crippen LogP contribution is 2.03. The minimum Gasteiger partial charge on any atom is -0.395 e. The molecule has 0 radical (unpaired) electrons. The Bertz CT molecular complexity index is 115. The van der Waals surface area contributed by atoms with Gasteiger partial charge in [-0.1, -0.05) is 0 Å². The molecule has 52 valence electrons. The molecule has 0 aromatic heterocycles. The first-order valence-electron chi connectivity index (χ1n) is 2.89. The van der Waals surface area contributed by atoms with Gasteiger partial charge in [-0.25, -0.2) is 0 Å². The number of rotatable bonds is 2. The molecule has 1 N–H and O–H groups in total. The molecule has 1 fully saturated rings. The Hall–Kier alpha value is -0.610. The molecule has 0 spiro atoms. The normalized spacial score (nSPS) is 20.3. The van der Waals surface area contributed by atoms with Crippen molar-refractivity contribution in [1.82, 2.24) is 5.06 Å². The first-order chi connectivity index (χ1) is 4.33. The molecule has 1 aliphatic heterocycles. The number of hydrogen-bond donors (Lipinski definition) is 1. The highest BCUT2D eigenvalue weighted by molar-refractivity contribution is 5.70. The predicted molar refractivity (Wildman–Crippen MR) is 29.4 cm³/mol. The maximum atomic E-state index is 10.4. The SMILES string of the molecule is O=C1CCN(CCO)O1. The summed E-state index contributed by atoms with van der Waals surface area (Å²) < 4.78 is 0. The van der Waals surface area contributed by atoms with E-state index >= 15 is 0 Å². The fourth-order valence-corrected chi connectivity index (χ4v) is 0.720. The number of aliphatic hydroxyl groups excluding tert-OH is 1. The van der Waals surface area contributed by atoms with Crippen molar-refractivity contribution >= 4 is 5.97 Å². The van der Waals surface area contributed by atoms with E-state index in [1.807, 2.05) is 0 Å². The van der Waals surface area contributed by atoms with E-state index in [1.54, 1.807) is 0 Å². The average Bonchev–Trinajstić information content (AvgIpc) is 2.17. The molecule has 1 saturated heterocycles. The number of carbonyl (C=O) groups is 1. The highest BCUT2D eigenvalue weighted by atomic mass is 16.7. The van der Waals surface area contributed by atoms with Crippen molar-refractivity contribution in [2.45, 2.75) is 6.42 Å². The van der Waals surface area contributed by atoms with E-state index in [-0.39, 0.29) is 12.6 Å². The molecule has 0 amide bonds. The largest absolute Gasteiger partial charge is 0.395 e. The molecule has 4 nitrogen and oxygen atoms in total. The first-order valence-corrected chi connectivity index (χ1v) is 2.89. The predicted octanol–water partition coefficient (Wildman–Crippen LogP) is -0.857. The summed E-state index contributed by atoms with van der Waals surface area (Å²) in [6.07, 6.45) is 0.444. The molecule has 1 heterocycles. The van der Waals surface area contributed by atoms with Crippen LogP contribution in [0.25, 0.3) is 0 Å². The van der Waals surface area contributed by atoms with Gasteiger partial charge in [-0.15, -0.1) is 5.06 Å². The zero-order chi connectivity index (χ0) is 6.69. The third kappa shape index (κ3) is 1.65. The lowest BCUT2D eigenvalue weighted by molar-refractivity contribution is -0.171. The minimum absolute atomic E-state index is 0.0350. The summed E-state index contributed by atoms with van der Waals surface area (Å²) in [6, 6.07) is 0. The van der Waals surface area contributed by atoms with Gasteiger partial charge in [0.25, 0.3) is 0 Å². The van der Waals surface area contributed by atoms with Crippen molar-refractivity contribution in [3.8, 4) is 0 Å². The van der Waals surface area contributed by atoms with Crippen LogP contribution in [-0.4, -0.2) is 35.8 Å². The number of carbonyl (C=O) groups excluding carboxylic acids is 1. The maximum Gasteiger partial charge on any atom is 0.326 e. The van der Waals surface area contributed by atoms with E-state index in [0.717, 1.165) is 0 Å². The molecule has 1 aliphatic rings. The van der Waals surface area contributed by atoms with E-state index in [0.29, 0.717) is 19.5 Å². The molecular weight excluding hydrogens is 122 g/mol. The lowest BCUT2D eigenvalue weighted by Gasteiger charge is -2.08. The summed E-state index contributed by atoms with van der Waals surface area (Å²) in [5, 5.41) is 9.84. The van der Waals surface area contributed by atoms with Gasteiger partial charge in [0.05, 0.1) is 19.6 Å². The summed E-state index contributed by atoms with van der Waals surface area (Å²) in [5.74, 6) is -0.205. The van der Waals surface area contributed by atoms with Gasteiger partial charge in [0.1, 0.15) is 0 Å². The summed E-state index contributed by atoms with van der Waals surface area (Å²) >= 11 is 0. The zero-order valence-corrected chi connectivity index (χ0v) is 5.04. The fraction of sp³-hybridized carbons (Fsp3) is 0.800. The van der Waals surface area contributed by atoms with Crippen molar-refractivity contribution in [1.29, 1.82) is 0 Å². The zero-order valence-electron chi connectivity index (χ0n) is 5.04. The molecule has 1 rings (SSSR count). The molecule has 0 aromatic rings. The Labute approximate surface area is 53.0 Å². The minimum atomic E-state index is -0.205. The van der Waals surface area contributed by atoms with Crippen molar-refractivity contribution in [2.75, 3.05) is 19.7 Å².